The molecule has 17 heavy (non-hydrogen) atoms. The van der Waals surface area contributed by atoms with Crippen molar-refractivity contribution in [3.8, 4) is 0 Å². The third-order valence-corrected chi connectivity index (χ3v) is 2.45. The average Bonchev–Trinajstić information content (AvgIpc) is 2.69. The van der Waals surface area contributed by atoms with E-state index in [0.29, 0.717) is 13.0 Å². The topological polar surface area (TPSA) is 52.8 Å². The van der Waals surface area contributed by atoms with Gasteiger partial charge >= 0.3 is 0 Å². The number of hydrogen-bond acceptors (Lipinski definition) is 4. The highest BCUT2D eigenvalue weighted by Gasteiger charge is 2.11. The zero-order valence-electron chi connectivity index (χ0n) is 9.63. The summed E-state index contributed by atoms with van der Waals surface area (Å²) in [5.74, 6) is 0. The quantitative estimate of drug-likeness (QED) is 0.428. The summed E-state index contributed by atoms with van der Waals surface area (Å²) in [7, 11) is 1.57. The molecule has 0 unspecified atom stereocenters. The van der Waals surface area contributed by atoms with Crippen LogP contribution in [0.1, 0.15) is 11.3 Å². The smallest absolute Gasteiger partial charge is 0.146 e. The number of nitrogens with zero attached hydrogens (tertiary/aromatic N) is 2. The molecule has 0 radical (unpaired) electrons. The van der Waals surface area contributed by atoms with E-state index in [4.69, 9.17) is 9.47 Å². The second-order valence-corrected chi connectivity index (χ2v) is 3.58. The van der Waals surface area contributed by atoms with E-state index in [9.17, 15) is 4.79 Å². The summed E-state index contributed by atoms with van der Waals surface area (Å²) < 4.78 is 11.8. The summed E-state index contributed by atoms with van der Waals surface area (Å²) in [6.45, 7) is 0.563. The van der Waals surface area contributed by atoms with Crippen molar-refractivity contribution in [1.29, 1.82) is 0 Å². The van der Waals surface area contributed by atoms with Gasteiger partial charge in [-0.1, -0.05) is 6.07 Å². The van der Waals surface area contributed by atoms with Crippen LogP contribution in [0.2, 0.25) is 0 Å². The number of aromatic nitrogens is 2. The number of methoxy groups -OCH3 is 1. The second kappa shape index (κ2) is 5.56. The van der Waals surface area contributed by atoms with Gasteiger partial charge in [-0.2, -0.15) is 5.10 Å². The van der Waals surface area contributed by atoms with Gasteiger partial charge in [-0.3, -0.25) is 0 Å². The third-order valence-electron chi connectivity index (χ3n) is 2.45. The number of hydrogen-bond donors (Lipinski definition) is 0. The van der Waals surface area contributed by atoms with Crippen LogP contribution in [0.25, 0.3) is 5.52 Å². The Balaban J connectivity index is 2.32. The standard InChI is InChI=1S/C12H14N2O3/c1-16-9-17-8-11-10(5-7-15)12-4-2-3-6-14(12)13-11/h2-4,6-7H,5,8-9H2,1H3. The highest BCUT2D eigenvalue weighted by Crippen LogP contribution is 2.16. The van der Waals surface area contributed by atoms with Crippen LogP contribution in [0.15, 0.2) is 24.4 Å². The van der Waals surface area contributed by atoms with Crippen molar-refractivity contribution in [1.82, 2.24) is 9.61 Å². The first-order valence-corrected chi connectivity index (χ1v) is 5.32. The minimum Gasteiger partial charge on any atom is -0.359 e. The van der Waals surface area contributed by atoms with Crippen molar-refractivity contribution >= 4 is 11.8 Å². The van der Waals surface area contributed by atoms with Crippen LogP contribution in [0, 0.1) is 0 Å². The maximum atomic E-state index is 10.7. The summed E-state index contributed by atoms with van der Waals surface area (Å²) in [5.41, 5.74) is 2.63. The Morgan fingerprint density at radius 1 is 1.47 bits per heavy atom. The lowest BCUT2D eigenvalue weighted by Crippen LogP contribution is -2.00. The minimum absolute atomic E-state index is 0.217. The van der Waals surface area contributed by atoms with Crippen molar-refractivity contribution in [2.75, 3.05) is 13.9 Å². The number of carbonyl (C=O) groups excluding carboxylic acids is 1. The molecule has 0 atom stereocenters. The van der Waals surface area contributed by atoms with E-state index < -0.39 is 0 Å². The SMILES string of the molecule is COCOCc1nn2ccccc2c1CC=O. The van der Waals surface area contributed by atoms with Crippen molar-refractivity contribution in [3.63, 3.8) is 0 Å². The van der Waals surface area contributed by atoms with Gasteiger partial charge in [0.1, 0.15) is 13.1 Å². The van der Waals surface area contributed by atoms with Crippen molar-refractivity contribution in [2.24, 2.45) is 0 Å². The van der Waals surface area contributed by atoms with Gasteiger partial charge in [-0.05, 0) is 12.1 Å². The van der Waals surface area contributed by atoms with E-state index in [-0.39, 0.29) is 6.79 Å². The van der Waals surface area contributed by atoms with Crippen LogP contribution in [-0.4, -0.2) is 29.8 Å². The van der Waals surface area contributed by atoms with Crippen LogP contribution in [0.3, 0.4) is 0 Å². The third kappa shape index (κ3) is 2.51. The number of rotatable bonds is 6. The molecule has 5 heteroatoms. The largest absolute Gasteiger partial charge is 0.359 e. The fourth-order valence-corrected chi connectivity index (χ4v) is 1.74. The summed E-state index contributed by atoms with van der Waals surface area (Å²) in [6.07, 6.45) is 3.08. The van der Waals surface area contributed by atoms with Gasteiger partial charge in [0.25, 0.3) is 0 Å². The normalized spacial score (nSPS) is 10.9. The zero-order chi connectivity index (χ0) is 12.1. The number of fused-ring (bicyclic) bond motifs is 1. The molecule has 0 N–H and O–H groups in total. The van der Waals surface area contributed by atoms with E-state index in [1.807, 2.05) is 24.4 Å². The minimum atomic E-state index is 0.217. The molecule has 0 amide bonds. The molecule has 0 fully saturated rings. The Kier molecular flexibility index (Phi) is 3.85. The Morgan fingerprint density at radius 3 is 3.12 bits per heavy atom. The second-order valence-electron chi connectivity index (χ2n) is 3.58. The van der Waals surface area contributed by atoms with Crippen LogP contribution < -0.4 is 0 Å². The first-order valence-electron chi connectivity index (χ1n) is 5.32. The molecule has 2 aromatic rings. The maximum Gasteiger partial charge on any atom is 0.146 e. The van der Waals surface area contributed by atoms with E-state index >= 15 is 0 Å². The van der Waals surface area contributed by atoms with Gasteiger partial charge in [0.05, 0.1) is 17.8 Å². The average molecular weight is 234 g/mol. The molecule has 2 aromatic heterocycles. The highest BCUT2D eigenvalue weighted by atomic mass is 16.7. The summed E-state index contributed by atoms with van der Waals surface area (Å²) >= 11 is 0. The Bertz CT molecular complexity index is 507. The van der Waals surface area contributed by atoms with Crippen molar-refractivity contribution < 1.29 is 14.3 Å². The fourth-order valence-electron chi connectivity index (χ4n) is 1.74. The number of ether oxygens (including phenoxy) is 2. The van der Waals surface area contributed by atoms with Crippen molar-refractivity contribution in [2.45, 2.75) is 13.0 Å². The number of pyridine rings is 1. The molecule has 0 aliphatic rings. The number of carbonyl (C=O) groups is 1. The van der Waals surface area contributed by atoms with E-state index in [2.05, 4.69) is 5.10 Å². The molecule has 0 saturated heterocycles. The molecular weight excluding hydrogens is 220 g/mol. The van der Waals surface area contributed by atoms with E-state index in [0.717, 1.165) is 23.1 Å². The highest BCUT2D eigenvalue weighted by molar-refractivity contribution is 5.66. The molecular formula is C12H14N2O3. The lowest BCUT2D eigenvalue weighted by atomic mass is 10.1. The molecule has 0 aliphatic heterocycles. The van der Waals surface area contributed by atoms with E-state index in [1.165, 1.54) is 0 Å². The van der Waals surface area contributed by atoms with Gasteiger partial charge in [0.15, 0.2) is 0 Å². The Morgan fingerprint density at radius 2 is 2.35 bits per heavy atom. The van der Waals surface area contributed by atoms with Gasteiger partial charge in [0, 0.05) is 25.3 Å². The summed E-state index contributed by atoms with van der Waals surface area (Å²) in [5, 5.41) is 4.38. The summed E-state index contributed by atoms with van der Waals surface area (Å²) in [6, 6.07) is 5.75. The number of aldehydes is 1. The predicted octanol–water partition coefficient (Wildman–Crippen LogP) is 1.20. The Labute approximate surface area is 99.0 Å². The molecule has 2 heterocycles. The lowest BCUT2D eigenvalue weighted by Gasteiger charge is -2.01. The first kappa shape index (κ1) is 11.8. The van der Waals surface area contributed by atoms with Crippen LogP contribution in [0.5, 0.6) is 0 Å². The van der Waals surface area contributed by atoms with E-state index in [1.54, 1.807) is 11.6 Å². The Hall–Kier alpha value is -1.72. The van der Waals surface area contributed by atoms with Crippen LogP contribution in [0.4, 0.5) is 0 Å². The first-order chi connectivity index (χ1) is 8.36. The van der Waals surface area contributed by atoms with Crippen molar-refractivity contribution in [3.05, 3.63) is 35.7 Å². The predicted molar refractivity (Wildman–Crippen MR) is 61.6 cm³/mol. The van der Waals surface area contributed by atoms with Gasteiger partial charge in [-0.15, -0.1) is 0 Å². The summed E-state index contributed by atoms with van der Waals surface area (Å²) in [4.78, 5) is 10.7. The van der Waals surface area contributed by atoms with Gasteiger partial charge in [-0.25, -0.2) is 4.52 Å². The molecule has 0 saturated carbocycles. The van der Waals surface area contributed by atoms with Crippen LogP contribution in [-0.2, 0) is 27.3 Å². The fraction of sp³-hybridized carbons (Fsp3) is 0.333. The van der Waals surface area contributed by atoms with Gasteiger partial charge in [0.2, 0.25) is 0 Å². The molecule has 0 spiro atoms. The monoisotopic (exact) mass is 234 g/mol. The zero-order valence-corrected chi connectivity index (χ0v) is 9.63. The van der Waals surface area contributed by atoms with Crippen LogP contribution >= 0.6 is 0 Å². The molecule has 0 bridgehead atoms. The maximum absolute atomic E-state index is 10.7. The van der Waals surface area contributed by atoms with Gasteiger partial charge < -0.3 is 14.3 Å². The lowest BCUT2D eigenvalue weighted by molar-refractivity contribution is -0.107. The molecule has 2 rings (SSSR count). The molecule has 5 nitrogen and oxygen atoms in total. The molecule has 90 valence electrons. The molecule has 0 aromatic carbocycles. The molecule has 0 aliphatic carbocycles.